The van der Waals surface area contributed by atoms with Gasteiger partial charge in [0, 0.05) is 16.0 Å². The Hall–Kier alpha value is -1.16. The van der Waals surface area contributed by atoms with E-state index < -0.39 is 5.97 Å². The van der Waals surface area contributed by atoms with E-state index in [0.29, 0.717) is 18.4 Å². The van der Waals surface area contributed by atoms with Gasteiger partial charge in [-0.25, -0.2) is 0 Å². The first-order valence-corrected chi connectivity index (χ1v) is 6.90. The van der Waals surface area contributed by atoms with Crippen LogP contribution >= 0.6 is 15.9 Å². The number of aliphatic carboxylic acids is 1. The summed E-state index contributed by atoms with van der Waals surface area (Å²) in [5, 5.41) is 9.03. The summed E-state index contributed by atoms with van der Waals surface area (Å²) in [6, 6.07) is 7.25. The van der Waals surface area contributed by atoms with Gasteiger partial charge in [0.1, 0.15) is 0 Å². The highest BCUT2D eigenvalue weighted by Crippen LogP contribution is 2.31. The standard InChI is InChI=1S/C14H15BrO3/c15-12-6-4-9(5-7-12)13(16)10-2-1-3-11(8-10)14(17)18/h4-7,10-11H,1-3,8H2,(H,17,18)/t10-,11-/m0/s1. The van der Waals surface area contributed by atoms with Crippen LogP contribution in [-0.2, 0) is 4.79 Å². The predicted molar refractivity (Wildman–Crippen MR) is 71.6 cm³/mol. The largest absolute Gasteiger partial charge is 0.481 e. The monoisotopic (exact) mass is 310 g/mol. The first-order valence-electron chi connectivity index (χ1n) is 6.10. The number of halogens is 1. The Balaban J connectivity index is 2.09. The summed E-state index contributed by atoms with van der Waals surface area (Å²) in [4.78, 5) is 23.3. The number of carboxylic acids is 1. The maximum Gasteiger partial charge on any atom is 0.306 e. The number of carboxylic acid groups (broad SMARTS) is 1. The highest BCUT2D eigenvalue weighted by Gasteiger charge is 2.31. The lowest BCUT2D eigenvalue weighted by atomic mass is 9.78. The van der Waals surface area contributed by atoms with Gasteiger partial charge in [-0.1, -0.05) is 34.5 Å². The molecule has 1 aromatic rings. The van der Waals surface area contributed by atoms with Gasteiger partial charge in [0.2, 0.25) is 0 Å². The third kappa shape index (κ3) is 2.99. The molecule has 0 bridgehead atoms. The lowest BCUT2D eigenvalue weighted by Gasteiger charge is -2.25. The summed E-state index contributed by atoms with van der Waals surface area (Å²) in [6.45, 7) is 0. The van der Waals surface area contributed by atoms with Gasteiger partial charge < -0.3 is 5.11 Å². The van der Waals surface area contributed by atoms with Crippen molar-refractivity contribution >= 4 is 27.7 Å². The second-order valence-corrected chi connectivity index (χ2v) is 5.69. The molecule has 18 heavy (non-hydrogen) atoms. The van der Waals surface area contributed by atoms with Gasteiger partial charge in [-0.05, 0) is 31.4 Å². The molecule has 3 nitrogen and oxygen atoms in total. The first kappa shape index (κ1) is 13.3. The Morgan fingerprint density at radius 1 is 1.11 bits per heavy atom. The molecular weight excluding hydrogens is 296 g/mol. The highest BCUT2D eigenvalue weighted by atomic mass is 79.9. The Labute approximate surface area is 114 Å². The van der Waals surface area contributed by atoms with Crippen molar-refractivity contribution in [3.05, 3.63) is 34.3 Å². The SMILES string of the molecule is O=C(O)[C@H]1CCC[C@H](C(=O)c2ccc(Br)cc2)C1. The molecule has 0 amide bonds. The van der Waals surface area contributed by atoms with Crippen LogP contribution in [0.1, 0.15) is 36.0 Å². The molecule has 96 valence electrons. The molecule has 0 heterocycles. The number of carbonyl (C=O) groups excluding carboxylic acids is 1. The van der Waals surface area contributed by atoms with Crippen molar-refractivity contribution in [1.82, 2.24) is 0 Å². The summed E-state index contributed by atoms with van der Waals surface area (Å²) in [7, 11) is 0. The van der Waals surface area contributed by atoms with Gasteiger partial charge >= 0.3 is 5.97 Å². The summed E-state index contributed by atoms with van der Waals surface area (Å²) in [5.41, 5.74) is 0.675. The summed E-state index contributed by atoms with van der Waals surface area (Å²) < 4.78 is 0.936. The fraction of sp³-hybridized carbons (Fsp3) is 0.429. The lowest BCUT2D eigenvalue weighted by molar-refractivity contribution is -0.143. The van der Waals surface area contributed by atoms with Crippen molar-refractivity contribution in [2.24, 2.45) is 11.8 Å². The zero-order valence-corrected chi connectivity index (χ0v) is 11.5. The molecule has 1 aliphatic carbocycles. The Bertz CT molecular complexity index is 453. The average molecular weight is 311 g/mol. The Morgan fingerprint density at radius 3 is 2.33 bits per heavy atom. The minimum Gasteiger partial charge on any atom is -0.481 e. The van der Waals surface area contributed by atoms with E-state index in [9.17, 15) is 9.59 Å². The Kier molecular flexibility index (Phi) is 4.17. The molecule has 1 aliphatic rings. The van der Waals surface area contributed by atoms with Crippen molar-refractivity contribution in [2.45, 2.75) is 25.7 Å². The molecular formula is C14H15BrO3. The zero-order valence-electron chi connectivity index (χ0n) is 9.93. The van der Waals surface area contributed by atoms with E-state index in [1.807, 2.05) is 12.1 Å². The fourth-order valence-corrected chi connectivity index (χ4v) is 2.77. The quantitative estimate of drug-likeness (QED) is 0.869. The van der Waals surface area contributed by atoms with Crippen molar-refractivity contribution < 1.29 is 14.7 Å². The highest BCUT2D eigenvalue weighted by molar-refractivity contribution is 9.10. The number of hydrogen-bond acceptors (Lipinski definition) is 2. The van der Waals surface area contributed by atoms with Gasteiger partial charge in [-0.3, -0.25) is 9.59 Å². The fourth-order valence-electron chi connectivity index (χ4n) is 2.50. The molecule has 0 aromatic heterocycles. The zero-order chi connectivity index (χ0) is 13.1. The van der Waals surface area contributed by atoms with Gasteiger partial charge in [0.25, 0.3) is 0 Å². The summed E-state index contributed by atoms with van der Waals surface area (Å²) in [6.07, 6.45) is 2.80. The van der Waals surface area contributed by atoms with Crippen LogP contribution in [0.2, 0.25) is 0 Å². The van der Waals surface area contributed by atoms with E-state index in [2.05, 4.69) is 15.9 Å². The van der Waals surface area contributed by atoms with Gasteiger partial charge in [-0.15, -0.1) is 0 Å². The Morgan fingerprint density at radius 2 is 1.72 bits per heavy atom. The molecule has 2 rings (SSSR count). The van der Waals surface area contributed by atoms with Crippen molar-refractivity contribution in [3.63, 3.8) is 0 Å². The van der Waals surface area contributed by atoms with Crippen molar-refractivity contribution in [2.75, 3.05) is 0 Å². The van der Waals surface area contributed by atoms with Crippen LogP contribution < -0.4 is 0 Å². The number of ketones is 1. The van der Waals surface area contributed by atoms with Gasteiger partial charge in [-0.2, -0.15) is 0 Å². The molecule has 1 saturated carbocycles. The van der Waals surface area contributed by atoms with Crippen molar-refractivity contribution in [3.8, 4) is 0 Å². The first-order chi connectivity index (χ1) is 8.58. The van der Waals surface area contributed by atoms with Crippen LogP contribution in [0.15, 0.2) is 28.7 Å². The summed E-state index contributed by atoms with van der Waals surface area (Å²) >= 11 is 3.33. The van der Waals surface area contributed by atoms with E-state index in [4.69, 9.17) is 5.11 Å². The number of Topliss-reactive ketones (excluding diaryl/α,β-unsaturated/α-hetero) is 1. The smallest absolute Gasteiger partial charge is 0.306 e. The summed E-state index contributed by atoms with van der Waals surface area (Å²) in [5.74, 6) is -1.19. The van der Waals surface area contributed by atoms with E-state index >= 15 is 0 Å². The minimum absolute atomic E-state index is 0.0773. The van der Waals surface area contributed by atoms with Crippen LogP contribution in [0, 0.1) is 11.8 Å². The maximum absolute atomic E-state index is 12.3. The molecule has 1 N–H and O–H groups in total. The third-order valence-corrected chi connectivity index (χ3v) is 4.05. The molecule has 0 saturated heterocycles. The molecule has 0 aliphatic heterocycles. The molecule has 4 heteroatoms. The van der Waals surface area contributed by atoms with Crippen LogP contribution in [0.3, 0.4) is 0 Å². The van der Waals surface area contributed by atoms with Gasteiger partial charge in [0.15, 0.2) is 5.78 Å². The molecule has 0 radical (unpaired) electrons. The van der Waals surface area contributed by atoms with E-state index in [-0.39, 0.29) is 17.6 Å². The molecule has 0 unspecified atom stereocenters. The number of carbonyl (C=O) groups is 2. The van der Waals surface area contributed by atoms with Crippen LogP contribution in [-0.4, -0.2) is 16.9 Å². The molecule has 1 fully saturated rings. The maximum atomic E-state index is 12.3. The van der Waals surface area contributed by atoms with Crippen LogP contribution in [0.4, 0.5) is 0 Å². The normalized spacial score (nSPS) is 23.6. The van der Waals surface area contributed by atoms with Crippen LogP contribution in [0.5, 0.6) is 0 Å². The van der Waals surface area contributed by atoms with E-state index in [1.54, 1.807) is 12.1 Å². The number of benzene rings is 1. The van der Waals surface area contributed by atoms with Gasteiger partial charge in [0.05, 0.1) is 5.92 Å². The van der Waals surface area contributed by atoms with E-state index in [1.165, 1.54) is 0 Å². The third-order valence-electron chi connectivity index (χ3n) is 3.52. The van der Waals surface area contributed by atoms with Crippen molar-refractivity contribution in [1.29, 1.82) is 0 Å². The lowest BCUT2D eigenvalue weighted by Crippen LogP contribution is -2.27. The van der Waals surface area contributed by atoms with Crippen LogP contribution in [0.25, 0.3) is 0 Å². The van der Waals surface area contributed by atoms with E-state index in [0.717, 1.165) is 17.3 Å². The topological polar surface area (TPSA) is 54.4 Å². The number of rotatable bonds is 3. The molecule has 0 spiro atoms. The molecule has 2 atom stereocenters. The average Bonchev–Trinajstić information content (AvgIpc) is 2.39. The minimum atomic E-state index is -0.775. The predicted octanol–water partition coefficient (Wildman–Crippen LogP) is 3.52. The number of hydrogen-bond donors (Lipinski definition) is 1. The second-order valence-electron chi connectivity index (χ2n) is 4.77. The molecule has 1 aromatic carbocycles. The second kappa shape index (κ2) is 5.65.